The molecule has 6 nitrogen and oxygen atoms in total. The average molecular weight is 367 g/mol. The number of aromatic nitrogens is 2. The van der Waals surface area contributed by atoms with Gasteiger partial charge in [-0.05, 0) is 18.2 Å². The predicted molar refractivity (Wildman–Crippen MR) is 72.3 cm³/mol. The Morgan fingerprint density at radius 2 is 2.21 bits per heavy atom. The summed E-state index contributed by atoms with van der Waals surface area (Å²) < 4.78 is 31.9. The van der Waals surface area contributed by atoms with Gasteiger partial charge in [-0.1, -0.05) is 32.7 Å². The van der Waals surface area contributed by atoms with E-state index in [0.717, 1.165) is 0 Å². The Morgan fingerprint density at radius 1 is 1.42 bits per heavy atom. The van der Waals surface area contributed by atoms with E-state index in [1.807, 2.05) is 0 Å². The van der Waals surface area contributed by atoms with Gasteiger partial charge in [-0.25, -0.2) is 13.1 Å². The third kappa shape index (κ3) is 3.75. The molecule has 0 spiro atoms. The van der Waals surface area contributed by atoms with Crippen molar-refractivity contribution in [1.82, 2.24) is 14.9 Å². The van der Waals surface area contributed by atoms with Crippen LogP contribution in [0.15, 0.2) is 38.4 Å². The Balaban J connectivity index is 2.05. The molecule has 0 unspecified atom stereocenters. The van der Waals surface area contributed by atoms with Crippen LogP contribution in [0.3, 0.4) is 0 Å². The largest absolute Gasteiger partial charge is 0.340 e. The topological polar surface area (TPSA) is 85.1 Å². The molecule has 0 aliphatic rings. The van der Waals surface area contributed by atoms with Crippen LogP contribution in [0.2, 0.25) is 5.02 Å². The number of halogens is 2. The Kier molecular flexibility index (Phi) is 4.56. The fraction of sp³-hybridized carbons (Fsp3) is 0.200. The standard InChI is InChI=1S/C10H9BrClN3O3S/c11-7-1-2-9(8(12)5-7)19(16,17)15-4-3-10-13-6-14-18-10/h1-2,5-6,15H,3-4H2. The highest BCUT2D eigenvalue weighted by Crippen LogP contribution is 2.24. The second kappa shape index (κ2) is 6.00. The van der Waals surface area contributed by atoms with Crippen LogP contribution < -0.4 is 4.72 Å². The van der Waals surface area contributed by atoms with Crippen LogP contribution in [0.1, 0.15) is 5.89 Å². The van der Waals surface area contributed by atoms with E-state index in [4.69, 9.17) is 16.1 Å². The number of nitrogens with one attached hydrogen (secondary N) is 1. The fourth-order valence-corrected chi connectivity index (χ4v) is 3.44. The van der Waals surface area contributed by atoms with E-state index >= 15 is 0 Å². The minimum Gasteiger partial charge on any atom is -0.340 e. The highest BCUT2D eigenvalue weighted by Gasteiger charge is 2.17. The van der Waals surface area contributed by atoms with Crippen molar-refractivity contribution in [2.24, 2.45) is 0 Å². The first kappa shape index (κ1) is 14.4. The molecule has 0 atom stereocenters. The van der Waals surface area contributed by atoms with Gasteiger partial charge < -0.3 is 4.52 Å². The molecule has 1 N–H and O–H groups in total. The Morgan fingerprint density at radius 3 is 2.84 bits per heavy atom. The van der Waals surface area contributed by atoms with Gasteiger partial charge >= 0.3 is 0 Å². The fourth-order valence-electron chi connectivity index (χ4n) is 1.37. The summed E-state index contributed by atoms with van der Waals surface area (Å²) in [4.78, 5) is 3.82. The van der Waals surface area contributed by atoms with E-state index < -0.39 is 10.0 Å². The molecule has 2 aromatic rings. The van der Waals surface area contributed by atoms with E-state index in [1.165, 1.54) is 18.5 Å². The molecule has 0 saturated carbocycles. The Hall–Kier alpha value is -0.960. The van der Waals surface area contributed by atoms with Gasteiger partial charge in [0.2, 0.25) is 15.9 Å². The molecule has 1 heterocycles. The molecular formula is C10H9BrClN3O3S. The zero-order chi connectivity index (χ0) is 13.9. The number of sulfonamides is 1. The maximum absolute atomic E-state index is 12.0. The number of nitrogens with zero attached hydrogens (tertiary/aromatic N) is 2. The summed E-state index contributed by atoms with van der Waals surface area (Å²) in [6.07, 6.45) is 1.57. The van der Waals surface area contributed by atoms with Gasteiger partial charge in [0.05, 0.1) is 5.02 Å². The lowest BCUT2D eigenvalue weighted by atomic mass is 10.4. The summed E-state index contributed by atoms with van der Waals surface area (Å²) in [5, 5.41) is 3.58. The molecule has 2 rings (SSSR count). The summed E-state index contributed by atoms with van der Waals surface area (Å²) in [5.74, 6) is 0.365. The average Bonchev–Trinajstić information content (AvgIpc) is 2.81. The van der Waals surface area contributed by atoms with Crippen LogP contribution in [0, 0.1) is 0 Å². The molecular weight excluding hydrogens is 358 g/mol. The van der Waals surface area contributed by atoms with Gasteiger partial charge in [0.15, 0.2) is 6.33 Å². The van der Waals surface area contributed by atoms with Crippen LogP contribution in [-0.4, -0.2) is 25.1 Å². The van der Waals surface area contributed by atoms with Gasteiger partial charge in [-0.3, -0.25) is 0 Å². The van der Waals surface area contributed by atoms with Crippen LogP contribution in [-0.2, 0) is 16.4 Å². The molecule has 0 fully saturated rings. The van der Waals surface area contributed by atoms with Gasteiger partial charge in [0, 0.05) is 17.4 Å². The maximum atomic E-state index is 12.0. The molecule has 0 bridgehead atoms. The van der Waals surface area contributed by atoms with Crippen LogP contribution >= 0.6 is 27.5 Å². The lowest BCUT2D eigenvalue weighted by molar-refractivity contribution is 0.377. The molecule has 19 heavy (non-hydrogen) atoms. The van der Waals surface area contributed by atoms with Crippen molar-refractivity contribution in [3.63, 3.8) is 0 Å². The molecule has 1 aromatic heterocycles. The first-order chi connectivity index (χ1) is 8.99. The lowest BCUT2D eigenvalue weighted by Gasteiger charge is -2.07. The lowest BCUT2D eigenvalue weighted by Crippen LogP contribution is -2.26. The molecule has 9 heteroatoms. The highest BCUT2D eigenvalue weighted by atomic mass is 79.9. The zero-order valence-electron chi connectivity index (χ0n) is 9.51. The summed E-state index contributed by atoms with van der Waals surface area (Å²) >= 11 is 9.12. The van der Waals surface area contributed by atoms with E-state index in [0.29, 0.717) is 16.8 Å². The van der Waals surface area contributed by atoms with E-state index in [-0.39, 0.29) is 16.5 Å². The number of hydrogen-bond donors (Lipinski definition) is 1. The molecule has 102 valence electrons. The third-order valence-corrected chi connectivity index (χ3v) is 4.66. The Bertz CT molecular complexity index is 661. The minimum atomic E-state index is -3.65. The third-order valence-electron chi connectivity index (χ3n) is 2.22. The van der Waals surface area contributed by atoms with Crippen LogP contribution in [0.4, 0.5) is 0 Å². The second-order valence-corrected chi connectivity index (χ2v) is 6.62. The van der Waals surface area contributed by atoms with Crippen molar-refractivity contribution < 1.29 is 12.9 Å². The number of rotatable bonds is 5. The molecule has 0 radical (unpaired) electrons. The van der Waals surface area contributed by atoms with Crippen molar-refractivity contribution >= 4 is 37.6 Å². The minimum absolute atomic E-state index is 0.0305. The molecule has 0 amide bonds. The van der Waals surface area contributed by atoms with Crippen LogP contribution in [0.25, 0.3) is 0 Å². The molecule has 0 aliphatic carbocycles. The van der Waals surface area contributed by atoms with E-state index in [9.17, 15) is 8.42 Å². The highest BCUT2D eigenvalue weighted by molar-refractivity contribution is 9.10. The van der Waals surface area contributed by atoms with Gasteiger partial charge in [-0.15, -0.1) is 0 Å². The SMILES string of the molecule is O=S(=O)(NCCc1ncno1)c1ccc(Br)cc1Cl. The Labute approximate surface area is 123 Å². The summed E-state index contributed by atoms with van der Waals surface area (Å²) in [7, 11) is -3.65. The smallest absolute Gasteiger partial charge is 0.242 e. The van der Waals surface area contributed by atoms with E-state index in [2.05, 4.69) is 30.8 Å². The zero-order valence-corrected chi connectivity index (χ0v) is 12.7. The summed E-state index contributed by atoms with van der Waals surface area (Å²) in [6.45, 7) is 0.150. The van der Waals surface area contributed by atoms with Crippen molar-refractivity contribution in [3.8, 4) is 0 Å². The molecule has 0 aliphatic heterocycles. The second-order valence-electron chi connectivity index (χ2n) is 3.56. The number of benzene rings is 1. The first-order valence-electron chi connectivity index (χ1n) is 5.19. The number of hydrogen-bond acceptors (Lipinski definition) is 5. The van der Waals surface area contributed by atoms with Crippen molar-refractivity contribution in [3.05, 3.63) is 39.9 Å². The summed E-state index contributed by atoms with van der Waals surface area (Å²) in [6, 6.07) is 4.56. The van der Waals surface area contributed by atoms with Crippen molar-refractivity contribution in [2.45, 2.75) is 11.3 Å². The molecule has 1 aromatic carbocycles. The monoisotopic (exact) mass is 365 g/mol. The predicted octanol–water partition coefficient (Wildman–Crippen LogP) is 2.01. The van der Waals surface area contributed by atoms with Gasteiger partial charge in [-0.2, -0.15) is 4.98 Å². The van der Waals surface area contributed by atoms with Gasteiger partial charge in [0.25, 0.3) is 0 Å². The quantitative estimate of drug-likeness (QED) is 0.875. The van der Waals surface area contributed by atoms with Crippen molar-refractivity contribution in [1.29, 1.82) is 0 Å². The summed E-state index contributed by atoms with van der Waals surface area (Å²) in [5.41, 5.74) is 0. The normalized spacial score (nSPS) is 11.7. The molecule has 0 saturated heterocycles. The van der Waals surface area contributed by atoms with E-state index in [1.54, 1.807) is 6.07 Å². The first-order valence-corrected chi connectivity index (χ1v) is 7.85. The maximum Gasteiger partial charge on any atom is 0.242 e. The van der Waals surface area contributed by atoms with Crippen LogP contribution in [0.5, 0.6) is 0 Å². The van der Waals surface area contributed by atoms with Gasteiger partial charge in [0.1, 0.15) is 4.90 Å². The van der Waals surface area contributed by atoms with Crippen molar-refractivity contribution in [2.75, 3.05) is 6.54 Å².